The van der Waals surface area contributed by atoms with Gasteiger partial charge >= 0.3 is 0 Å². The van der Waals surface area contributed by atoms with E-state index in [1.807, 2.05) is 11.8 Å². The fourth-order valence-corrected chi connectivity index (χ4v) is 2.97. The predicted octanol–water partition coefficient (Wildman–Crippen LogP) is 0.746. The Hall–Kier alpha value is -2.08. The summed E-state index contributed by atoms with van der Waals surface area (Å²) in [5.41, 5.74) is 0.900. The molecule has 1 aromatic carbocycles. The smallest absolute Gasteiger partial charge is 0.237 e. The number of hydrogen-bond acceptors (Lipinski definition) is 4. The number of amides is 2. The molecule has 3 rings (SSSR count). The number of nitrogens with zero attached hydrogens (tertiary/aromatic N) is 2. The second-order valence-corrected chi connectivity index (χ2v) is 6.72. The van der Waals surface area contributed by atoms with Crippen LogP contribution in [0, 0.1) is 0 Å². The average molecular weight is 331 g/mol. The van der Waals surface area contributed by atoms with Crippen LogP contribution in [0.2, 0.25) is 0 Å². The summed E-state index contributed by atoms with van der Waals surface area (Å²) in [5.74, 6) is 0.398. The molecule has 1 saturated carbocycles. The Labute approximate surface area is 142 Å². The van der Waals surface area contributed by atoms with Crippen LogP contribution in [0.5, 0.6) is 5.75 Å². The van der Waals surface area contributed by atoms with Gasteiger partial charge in [-0.05, 0) is 37.5 Å². The van der Waals surface area contributed by atoms with Gasteiger partial charge in [-0.25, -0.2) is 0 Å². The first-order chi connectivity index (χ1) is 11.5. The van der Waals surface area contributed by atoms with Gasteiger partial charge in [-0.2, -0.15) is 0 Å². The third-order valence-electron chi connectivity index (χ3n) is 4.81. The fourth-order valence-electron chi connectivity index (χ4n) is 2.97. The molecule has 0 aromatic heterocycles. The summed E-state index contributed by atoms with van der Waals surface area (Å²) in [4.78, 5) is 28.5. The van der Waals surface area contributed by atoms with Crippen molar-refractivity contribution in [2.24, 2.45) is 0 Å². The molecule has 2 N–H and O–H groups in total. The average Bonchev–Trinajstić information content (AvgIpc) is 3.40. The first-order valence-electron chi connectivity index (χ1n) is 8.63. The van der Waals surface area contributed by atoms with Gasteiger partial charge in [-0.1, -0.05) is 12.1 Å². The van der Waals surface area contributed by atoms with E-state index < -0.39 is 0 Å². The molecule has 1 atom stereocenters. The zero-order valence-electron chi connectivity index (χ0n) is 14.1. The van der Waals surface area contributed by atoms with E-state index in [1.165, 1.54) is 0 Å². The Morgan fingerprint density at radius 2 is 1.79 bits per heavy atom. The normalized spacial score (nSPS) is 19.8. The minimum atomic E-state index is -0.139. The van der Waals surface area contributed by atoms with Crippen molar-refractivity contribution in [3.05, 3.63) is 29.8 Å². The number of hydrogen-bond donors (Lipinski definition) is 2. The molecule has 1 aliphatic carbocycles. The second-order valence-electron chi connectivity index (χ2n) is 6.72. The second kappa shape index (κ2) is 7.21. The highest BCUT2D eigenvalue weighted by molar-refractivity contribution is 5.82. The molecule has 1 heterocycles. The van der Waals surface area contributed by atoms with E-state index in [1.54, 1.807) is 24.3 Å². The highest BCUT2D eigenvalue weighted by Gasteiger charge is 2.30. The van der Waals surface area contributed by atoms with Gasteiger partial charge in [0.1, 0.15) is 5.75 Å². The molecule has 6 nitrogen and oxygen atoms in total. The van der Waals surface area contributed by atoms with E-state index >= 15 is 0 Å². The van der Waals surface area contributed by atoms with Gasteiger partial charge in [-0.15, -0.1) is 0 Å². The minimum Gasteiger partial charge on any atom is -0.508 e. The van der Waals surface area contributed by atoms with Crippen LogP contribution in [0.4, 0.5) is 0 Å². The van der Waals surface area contributed by atoms with Crippen molar-refractivity contribution in [3.63, 3.8) is 0 Å². The van der Waals surface area contributed by atoms with E-state index in [0.717, 1.165) is 31.5 Å². The van der Waals surface area contributed by atoms with Crippen LogP contribution in [0.25, 0.3) is 0 Å². The number of aromatic hydroxyl groups is 1. The largest absolute Gasteiger partial charge is 0.508 e. The Bertz CT molecular complexity index is 590. The highest BCUT2D eigenvalue weighted by Crippen LogP contribution is 2.19. The molecule has 6 heteroatoms. The zero-order valence-corrected chi connectivity index (χ0v) is 14.1. The molecule has 130 valence electrons. The van der Waals surface area contributed by atoms with Crippen molar-refractivity contribution < 1.29 is 14.7 Å². The van der Waals surface area contributed by atoms with Crippen molar-refractivity contribution in [3.8, 4) is 5.75 Å². The summed E-state index contributed by atoms with van der Waals surface area (Å²) in [6, 6.07) is 6.98. The molecule has 0 spiro atoms. The summed E-state index contributed by atoms with van der Waals surface area (Å²) in [7, 11) is 0. The van der Waals surface area contributed by atoms with Crippen LogP contribution in [0.1, 0.15) is 25.3 Å². The third kappa shape index (κ3) is 4.26. The lowest BCUT2D eigenvalue weighted by atomic mass is 10.1. The maximum atomic E-state index is 12.4. The summed E-state index contributed by atoms with van der Waals surface area (Å²) in [5, 5.41) is 12.3. The lowest BCUT2D eigenvalue weighted by molar-refractivity contribution is -0.133. The summed E-state index contributed by atoms with van der Waals surface area (Å²) in [6.07, 6.45) is 2.54. The molecule has 0 radical (unpaired) electrons. The zero-order chi connectivity index (χ0) is 17.1. The molecule has 1 aliphatic heterocycles. The molecule has 1 saturated heterocycles. The number of rotatable bonds is 5. The number of piperazine rings is 1. The molecule has 24 heavy (non-hydrogen) atoms. The van der Waals surface area contributed by atoms with Crippen LogP contribution in [0.15, 0.2) is 24.3 Å². The first-order valence-corrected chi connectivity index (χ1v) is 8.63. The van der Waals surface area contributed by atoms with Crippen molar-refractivity contribution in [1.29, 1.82) is 0 Å². The maximum absolute atomic E-state index is 12.4. The number of phenols is 1. The van der Waals surface area contributed by atoms with Crippen LogP contribution in [-0.2, 0) is 16.0 Å². The Morgan fingerprint density at radius 3 is 2.38 bits per heavy atom. The van der Waals surface area contributed by atoms with E-state index in [2.05, 4.69) is 10.2 Å². The molecule has 1 aromatic rings. The molecule has 2 amide bonds. The summed E-state index contributed by atoms with van der Waals surface area (Å²) in [6.45, 7) is 4.68. The van der Waals surface area contributed by atoms with Gasteiger partial charge in [-0.3, -0.25) is 14.5 Å². The van der Waals surface area contributed by atoms with Gasteiger partial charge in [0.2, 0.25) is 11.8 Å². The fraction of sp³-hybridized carbons (Fsp3) is 0.556. The van der Waals surface area contributed by atoms with E-state index in [9.17, 15) is 14.7 Å². The van der Waals surface area contributed by atoms with Gasteiger partial charge in [0, 0.05) is 32.2 Å². The quantitative estimate of drug-likeness (QED) is 0.835. The van der Waals surface area contributed by atoms with Crippen molar-refractivity contribution in [2.45, 2.75) is 38.3 Å². The van der Waals surface area contributed by atoms with E-state index in [4.69, 9.17) is 0 Å². The molecule has 2 aliphatic rings. The van der Waals surface area contributed by atoms with E-state index in [0.29, 0.717) is 25.6 Å². The van der Waals surface area contributed by atoms with Crippen molar-refractivity contribution in [2.75, 3.05) is 26.2 Å². The Morgan fingerprint density at radius 1 is 1.17 bits per heavy atom. The van der Waals surface area contributed by atoms with Crippen LogP contribution >= 0.6 is 0 Å². The monoisotopic (exact) mass is 331 g/mol. The summed E-state index contributed by atoms with van der Waals surface area (Å²) < 4.78 is 0. The SMILES string of the molecule is CC(C(=O)NC1CC1)N1CCN(C(=O)Cc2ccc(O)cc2)CC1. The molecule has 1 unspecified atom stereocenters. The lowest BCUT2D eigenvalue weighted by Gasteiger charge is -2.37. The van der Waals surface area contributed by atoms with Crippen LogP contribution in [-0.4, -0.2) is 65.0 Å². The number of nitrogens with one attached hydrogen (secondary N) is 1. The Kier molecular flexibility index (Phi) is 5.04. The molecular weight excluding hydrogens is 306 g/mol. The van der Waals surface area contributed by atoms with Gasteiger partial charge in [0.05, 0.1) is 12.5 Å². The minimum absolute atomic E-state index is 0.0930. The number of carbonyl (C=O) groups excluding carboxylic acids is 2. The molecule has 0 bridgehead atoms. The Balaban J connectivity index is 1.46. The highest BCUT2D eigenvalue weighted by atomic mass is 16.3. The van der Waals surface area contributed by atoms with Gasteiger partial charge in [0.25, 0.3) is 0 Å². The van der Waals surface area contributed by atoms with Crippen molar-refractivity contribution >= 4 is 11.8 Å². The van der Waals surface area contributed by atoms with Gasteiger partial charge in [0.15, 0.2) is 0 Å². The summed E-state index contributed by atoms with van der Waals surface area (Å²) >= 11 is 0. The molecular formula is C18H25N3O3. The lowest BCUT2D eigenvalue weighted by Crippen LogP contribution is -2.55. The van der Waals surface area contributed by atoms with E-state index in [-0.39, 0.29) is 23.6 Å². The number of phenolic OH excluding ortho intramolecular Hbond substituents is 1. The predicted molar refractivity (Wildman–Crippen MR) is 90.6 cm³/mol. The standard InChI is InChI=1S/C18H25N3O3/c1-13(18(24)19-15-4-5-15)20-8-10-21(11-9-20)17(23)12-14-2-6-16(22)7-3-14/h2-3,6-7,13,15,22H,4-5,8-12H2,1H3,(H,19,24). The number of carbonyl (C=O) groups is 2. The van der Waals surface area contributed by atoms with Crippen LogP contribution < -0.4 is 5.32 Å². The topological polar surface area (TPSA) is 72.9 Å². The van der Waals surface area contributed by atoms with Crippen molar-refractivity contribution in [1.82, 2.24) is 15.1 Å². The maximum Gasteiger partial charge on any atom is 0.237 e. The first kappa shape index (κ1) is 16.8. The third-order valence-corrected chi connectivity index (χ3v) is 4.81. The number of benzene rings is 1. The molecule has 2 fully saturated rings. The van der Waals surface area contributed by atoms with Crippen LogP contribution in [0.3, 0.4) is 0 Å². The van der Waals surface area contributed by atoms with Gasteiger partial charge < -0.3 is 15.3 Å².